The Kier molecular flexibility index (Phi) is 29.8. The molecular formula is C37H67N3O4. The summed E-state index contributed by atoms with van der Waals surface area (Å²) in [5.41, 5.74) is 7.63. The van der Waals surface area contributed by atoms with Gasteiger partial charge in [0, 0.05) is 76.7 Å². The van der Waals surface area contributed by atoms with E-state index in [1.54, 1.807) is 0 Å². The highest BCUT2D eigenvalue weighted by Crippen LogP contribution is 2.20. The molecule has 44 heavy (non-hydrogen) atoms. The number of nitrogens with two attached hydrogens (primary N) is 1. The summed E-state index contributed by atoms with van der Waals surface area (Å²) in [4.78, 5) is 4.40. The molecule has 0 saturated heterocycles. The fraction of sp³-hybridized carbons (Fsp3) is 0.757. The smallest absolute Gasteiger partial charge is 0.0722 e. The number of ether oxygens (including phenoxy) is 4. The molecule has 0 aliphatic rings. The summed E-state index contributed by atoms with van der Waals surface area (Å²) in [6, 6.07) is 10.3. The Balaban J connectivity index is 0.000000493. The van der Waals surface area contributed by atoms with E-state index in [-0.39, 0.29) is 0 Å². The Labute approximate surface area is 270 Å². The highest BCUT2D eigenvalue weighted by atomic mass is 16.5. The molecule has 254 valence electrons. The van der Waals surface area contributed by atoms with Gasteiger partial charge < -0.3 is 30.0 Å². The van der Waals surface area contributed by atoms with Gasteiger partial charge in [-0.15, -0.1) is 0 Å². The summed E-state index contributed by atoms with van der Waals surface area (Å²) in [5.74, 6) is 0. The van der Waals surface area contributed by atoms with E-state index >= 15 is 0 Å². The van der Waals surface area contributed by atoms with Gasteiger partial charge in [-0.05, 0) is 82.9 Å². The van der Waals surface area contributed by atoms with Gasteiger partial charge in [-0.3, -0.25) is 4.98 Å². The third-order valence-corrected chi connectivity index (χ3v) is 7.36. The van der Waals surface area contributed by atoms with E-state index in [2.05, 4.69) is 48.4 Å². The molecule has 0 atom stereocenters. The van der Waals surface area contributed by atoms with Crippen molar-refractivity contribution in [1.82, 2.24) is 4.98 Å². The molecule has 0 bridgehead atoms. The highest BCUT2D eigenvalue weighted by molar-refractivity contribution is 5.90. The average Bonchev–Trinajstić information content (AvgIpc) is 3.05. The molecular weight excluding hydrogens is 550 g/mol. The van der Waals surface area contributed by atoms with Gasteiger partial charge in [0.05, 0.1) is 5.52 Å². The maximum Gasteiger partial charge on any atom is 0.0722 e. The third-order valence-electron chi connectivity index (χ3n) is 7.36. The van der Waals surface area contributed by atoms with Crippen molar-refractivity contribution in [2.24, 2.45) is 5.73 Å². The minimum atomic E-state index is 0.797. The number of nitrogens with zero attached hydrogens (tertiary/aromatic N) is 1. The van der Waals surface area contributed by atoms with Crippen molar-refractivity contribution in [1.29, 1.82) is 0 Å². The van der Waals surface area contributed by atoms with Crippen molar-refractivity contribution >= 4 is 16.6 Å². The van der Waals surface area contributed by atoms with Crippen LogP contribution >= 0.6 is 0 Å². The maximum absolute atomic E-state index is 5.69. The van der Waals surface area contributed by atoms with Crippen molar-refractivity contribution in [2.45, 2.75) is 117 Å². The predicted molar refractivity (Wildman–Crippen MR) is 188 cm³/mol. The van der Waals surface area contributed by atoms with Gasteiger partial charge in [0.1, 0.15) is 0 Å². The molecule has 0 amide bonds. The van der Waals surface area contributed by atoms with Gasteiger partial charge in [-0.1, -0.05) is 70.6 Å². The second-order valence-electron chi connectivity index (χ2n) is 11.5. The van der Waals surface area contributed by atoms with Crippen LogP contribution in [-0.4, -0.2) is 70.9 Å². The SMILES string of the molecule is CCCCCCOCCCOCCCCCN.CCCCCCOCCCOCCCCCNc1ccnc2ccccc12. The first-order valence-electron chi connectivity index (χ1n) is 17.9. The predicted octanol–water partition coefficient (Wildman–Crippen LogP) is 8.94. The molecule has 3 N–H and O–H groups in total. The molecule has 7 nitrogen and oxygen atoms in total. The first kappa shape index (κ1) is 40.3. The number of hydrogen-bond donors (Lipinski definition) is 2. The monoisotopic (exact) mass is 618 g/mol. The molecule has 1 aromatic heterocycles. The van der Waals surface area contributed by atoms with Crippen LogP contribution in [-0.2, 0) is 18.9 Å². The van der Waals surface area contributed by atoms with E-state index in [4.69, 9.17) is 24.7 Å². The van der Waals surface area contributed by atoms with E-state index in [1.165, 1.54) is 75.3 Å². The molecule has 1 heterocycles. The molecule has 0 unspecified atom stereocenters. The minimum absolute atomic E-state index is 0.797. The van der Waals surface area contributed by atoms with E-state index in [0.29, 0.717) is 0 Å². The molecule has 1 aromatic carbocycles. The zero-order valence-electron chi connectivity index (χ0n) is 28.5. The van der Waals surface area contributed by atoms with Crippen LogP contribution in [0.1, 0.15) is 117 Å². The molecule has 0 saturated carbocycles. The Bertz CT molecular complexity index is 835. The Hall–Kier alpha value is -1.77. The van der Waals surface area contributed by atoms with Crippen molar-refractivity contribution in [3.05, 3.63) is 36.5 Å². The highest BCUT2D eigenvalue weighted by Gasteiger charge is 2.00. The normalized spacial score (nSPS) is 11.1. The number of benzene rings is 1. The lowest BCUT2D eigenvalue weighted by Crippen LogP contribution is -2.05. The topological polar surface area (TPSA) is 87.9 Å². The standard InChI is InChI=1S/C23H36N2O2.C14H31NO2/c1-2-3-4-9-17-26-19-11-20-27-18-10-5-8-15-24-23-14-16-25-22-13-7-6-12-21(22)23;1-2-3-4-7-11-16-13-9-14-17-12-8-5-6-10-15/h6-7,12-14,16H,2-5,8-11,15,17-20H2,1H3,(H,24,25);2-15H2,1H3. The van der Waals surface area contributed by atoms with Crippen molar-refractivity contribution in [3.63, 3.8) is 0 Å². The zero-order chi connectivity index (χ0) is 31.6. The number of unbranched alkanes of at least 4 members (excludes halogenated alkanes) is 10. The lowest BCUT2D eigenvalue weighted by atomic mass is 10.2. The lowest BCUT2D eigenvalue weighted by Gasteiger charge is -2.09. The number of pyridine rings is 1. The molecule has 0 radical (unpaired) electrons. The Morgan fingerprint density at radius 1 is 0.545 bits per heavy atom. The molecule has 0 aliphatic heterocycles. The summed E-state index contributed by atoms with van der Waals surface area (Å²) in [5, 5.41) is 4.72. The van der Waals surface area contributed by atoms with Crippen LogP contribution in [0.5, 0.6) is 0 Å². The molecule has 2 rings (SSSR count). The molecule has 0 spiro atoms. The lowest BCUT2D eigenvalue weighted by molar-refractivity contribution is 0.0794. The van der Waals surface area contributed by atoms with E-state index in [1.807, 2.05) is 12.3 Å². The minimum Gasteiger partial charge on any atom is -0.384 e. The van der Waals surface area contributed by atoms with Gasteiger partial charge in [0.15, 0.2) is 0 Å². The molecule has 0 fully saturated rings. The average molecular weight is 618 g/mol. The number of hydrogen-bond acceptors (Lipinski definition) is 7. The summed E-state index contributed by atoms with van der Waals surface area (Å²) in [6.07, 6.45) is 21.0. The second kappa shape index (κ2) is 32.6. The first-order valence-corrected chi connectivity index (χ1v) is 17.9. The summed E-state index contributed by atoms with van der Waals surface area (Å²) in [6.45, 7) is 13.1. The van der Waals surface area contributed by atoms with Crippen LogP contribution in [0, 0.1) is 0 Å². The number of fused-ring (bicyclic) bond motifs is 1. The largest absolute Gasteiger partial charge is 0.384 e. The number of rotatable bonds is 30. The summed E-state index contributed by atoms with van der Waals surface area (Å²) in [7, 11) is 0. The van der Waals surface area contributed by atoms with Crippen molar-refractivity contribution in [2.75, 3.05) is 71.3 Å². The fourth-order valence-electron chi connectivity index (χ4n) is 4.70. The van der Waals surface area contributed by atoms with Crippen LogP contribution in [0.25, 0.3) is 10.9 Å². The van der Waals surface area contributed by atoms with Crippen LogP contribution in [0.15, 0.2) is 36.5 Å². The molecule has 2 aromatic rings. The maximum atomic E-state index is 5.69. The summed E-state index contributed by atoms with van der Waals surface area (Å²) >= 11 is 0. The van der Waals surface area contributed by atoms with Gasteiger partial charge in [0.25, 0.3) is 0 Å². The van der Waals surface area contributed by atoms with Crippen LogP contribution in [0.3, 0.4) is 0 Å². The van der Waals surface area contributed by atoms with Crippen molar-refractivity contribution in [3.8, 4) is 0 Å². The number of aromatic nitrogens is 1. The van der Waals surface area contributed by atoms with E-state index in [9.17, 15) is 0 Å². The zero-order valence-corrected chi connectivity index (χ0v) is 28.5. The van der Waals surface area contributed by atoms with Gasteiger partial charge in [-0.25, -0.2) is 0 Å². The number of anilines is 1. The third kappa shape index (κ3) is 24.5. The van der Waals surface area contributed by atoms with Gasteiger partial charge in [0.2, 0.25) is 0 Å². The Morgan fingerprint density at radius 3 is 1.55 bits per heavy atom. The number of para-hydroxylation sites is 1. The van der Waals surface area contributed by atoms with E-state index in [0.717, 1.165) is 110 Å². The number of nitrogens with one attached hydrogen (secondary N) is 1. The van der Waals surface area contributed by atoms with Crippen LogP contribution < -0.4 is 11.1 Å². The van der Waals surface area contributed by atoms with Gasteiger partial charge >= 0.3 is 0 Å². The fourth-order valence-corrected chi connectivity index (χ4v) is 4.70. The quantitative estimate of drug-likeness (QED) is 0.0846. The molecule has 7 heteroatoms. The Morgan fingerprint density at radius 2 is 1.02 bits per heavy atom. The molecule has 0 aliphatic carbocycles. The first-order chi connectivity index (χ1) is 21.8. The van der Waals surface area contributed by atoms with Crippen molar-refractivity contribution < 1.29 is 18.9 Å². The van der Waals surface area contributed by atoms with Gasteiger partial charge in [-0.2, -0.15) is 0 Å². The van der Waals surface area contributed by atoms with Crippen LogP contribution in [0.4, 0.5) is 5.69 Å². The second-order valence-corrected chi connectivity index (χ2v) is 11.5. The van der Waals surface area contributed by atoms with E-state index < -0.39 is 0 Å². The van der Waals surface area contributed by atoms with Crippen LogP contribution in [0.2, 0.25) is 0 Å². The summed E-state index contributed by atoms with van der Waals surface area (Å²) < 4.78 is 22.3.